The number of nitrogens with one attached hydrogen (secondary N) is 1. The number of pyridine rings is 1. The van der Waals surface area contributed by atoms with Crippen molar-refractivity contribution in [1.29, 1.82) is 0 Å². The normalized spacial score (nSPS) is 10.9. The smallest absolute Gasteiger partial charge is 0.344 e. The van der Waals surface area contributed by atoms with Crippen LogP contribution in [0.1, 0.15) is 0 Å². The standard InChI is InChI=1S/C22H19ClFN3O6S/c1-27(34(30,31)19-9-3-16(24)4-10-19)17-5-7-18(8-6-17)32-14-22(29)33-13-21(28)26-20-11-2-15(23)12-25-20/h2-12H,13-14H2,1H3,(H,25,26,28). The maximum Gasteiger partial charge on any atom is 0.344 e. The van der Waals surface area contributed by atoms with E-state index < -0.39 is 40.9 Å². The molecule has 1 heterocycles. The predicted octanol–water partition coefficient (Wildman–Crippen LogP) is 3.26. The Morgan fingerprint density at radius 3 is 2.32 bits per heavy atom. The number of rotatable bonds is 9. The minimum Gasteiger partial charge on any atom is -0.482 e. The van der Waals surface area contributed by atoms with Gasteiger partial charge in [0.05, 0.1) is 15.6 Å². The number of hydrogen-bond donors (Lipinski definition) is 1. The minimum absolute atomic E-state index is 0.0599. The molecular weight excluding hydrogens is 489 g/mol. The third-order valence-electron chi connectivity index (χ3n) is 4.39. The van der Waals surface area contributed by atoms with Gasteiger partial charge in [0.2, 0.25) is 0 Å². The van der Waals surface area contributed by atoms with Crippen molar-refractivity contribution in [2.75, 3.05) is 29.9 Å². The topological polar surface area (TPSA) is 115 Å². The monoisotopic (exact) mass is 507 g/mol. The summed E-state index contributed by atoms with van der Waals surface area (Å²) in [5.41, 5.74) is 0.326. The lowest BCUT2D eigenvalue weighted by Crippen LogP contribution is -2.26. The van der Waals surface area contributed by atoms with E-state index in [1.54, 1.807) is 6.07 Å². The Labute approximate surface area is 200 Å². The largest absolute Gasteiger partial charge is 0.482 e. The van der Waals surface area contributed by atoms with Crippen LogP contribution in [0.4, 0.5) is 15.9 Å². The molecule has 0 unspecified atom stereocenters. The summed E-state index contributed by atoms with van der Waals surface area (Å²) in [6.07, 6.45) is 1.36. The second-order valence-corrected chi connectivity index (χ2v) is 9.19. The fraction of sp³-hybridized carbons (Fsp3) is 0.136. The van der Waals surface area contributed by atoms with E-state index in [1.807, 2.05) is 0 Å². The number of benzene rings is 2. The van der Waals surface area contributed by atoms with E-state index in [9.17, 15) is 22.4 Å². The molecule has 0 saturated heterocycles. The summed E-state index contributed by atoms with van der Waals surface area (Å²) >= 11 is 5.71. The van der Waals surface area contributed by atoms with Gasteiger partial charge in [-0.15, -0.1) is 0 Å². The van der Waals surface area contributed by atoms with E-state index in [2.05, 4.69) is 10.3 Å². The summed E-state index contributed by atoms with van der Waals surface area (Å²) in [4.78, 5) is 27.5. The van der Waals surface area contributed by atoms with Crippen molar-refractivity contribution < 1.29 is 31.9 Å². The maximum absolute atomic E-state index is 13.1. The van der Waals surface area contributed by atoms with Gasteiger partial charge < -0.3 is 14.8 Å². The number of aromatic nitrogens is 1. The molecule has 0 radical (unpaired) electrons. The fourth-order valence-electron chi connectivity index (χ4n) is 2.61. The van der Waals surface area contributed by atoms with Crippen LogP contribution in [0.3, 0.4) is 0 Å². The first-order valence-electron chi connectivity index (χ1n) is 9.69. The first-order valence-corrected chi connectivity index (χ1v) is 11.5. The number of sulfonamides is 1. The second kappa shape index (κ2) is 10.9. The zero-order valence-electron chi connectivity index (χ0n) is 17.8. The highest BCUT2D eigenvalue weighted by Gasteiger charge is 2.21. The molecule has 0 spiro atoms. The van der Waals surface area contributed by atoms with Crippen LogP contribution in [0.25, 0.3) is 0 Å². The molecule has 0 aliphatic rings. The Balaban J connectivity index is 1.48. The molecule has 12 heteroatoms. The minimum atomic E-state index is -3.88. The molecular formula is C22H19ClFN3O6S. The Bertz CT molecular complexity index is 1250. The highest BCUT2D eigenvalue weighted by molar-refractivity contribution is 7.92. The van der Waals surface area contributed by atoms with Crippen LogP contribution in [0.15, 0.2) is 71.8 Å². The molecule has 9 nitrogen and oxygen atoms in total. The van der Waals surface area contributed by atoms with Gasteiger partial charge in [0.25, 0.3) is 15.9 Å². The van der Waals surface area contributed by atoms with Gasteiger partial charge in [-0.2, -0.15) is 0 Å². The highest BCUT2D eigenvalue weighted by atomic mass is 35.5. The number of carbonyl (C=O) groups is 2. The first-order chi connectivity index (χ1) is 16.1. The SMILES string of the molecule is CN(c1ccc(OCC(=O)OCC(=O)Nc2ccc(Cl)cn2)cc1)S(=O)(=O)c1ccc(F)cc1. The van der Waals surface area contributed by atoms with E-state index in [0.717, 1.165) is 16.4 Å². The molecule has 1 aromatic heterocycles. The van der Waals surface area contributed by atoms with Crippen molar-refractivity contribution in [2.45, 2.75) is 4.90 Å². The number of amides is 1. The maximum atomic E-state index is 13.1. The van der Waals surface area contributed by atoms with E-state index in [-0.39, 0.29) is 16.5 Å². The summed E-state index contributed by atoms with van der Waals surface area (Å²) in [7, 11) is -2.53. The predicted molar refractivity (Wildman–Crippen MR) is 123 cm³/mol. The number of ether oxygens (including phenoxy) is 2. The molecule has 0 fully saturated rings. The Morgan fingerprint density at radius 2 is 1.71 bits per heavy atom. The van der Waals surface area contributed by atoms with Gasteiger partial charge in [0, 0.05) is 13.2 Å². The fourth-order valence-corrected chi connectivity index (χ4v) is 3.92. The van der Waals surface area contributed by atoms with Gasteiger partial charge in [-0.1, -0.05) is 11.6 Å². The molecule has 0 saturated carbocycles. The van der Waals surface area contributed by atoms with Crippen LogP contribution in [-0.4, -0.2) is 45.5 Å². The average Bonchev–Trinajstić information content (AvgIpc) is 2.83. The van der Waals surface area contributed by atoms with Crippen molar-refractivity contribution in [1.82, 2.24) is 4.98 Å². The van der Waals surface area contributed by atoms with Gasteiger partial charge in [0.1, 0.15) is 17.4 Å². The van der Waals surface area contributed by atoms with Crippen molar-refractivity contribution in [2.24, 2.45) is 0 Å². The highest BCUT2D eigenvalue weighted by Crippen LogP contribution is 2.24. The first kappa shape index (κ1) is 24.9. The van der Waals surface area contributed by atoms with Gasteiger partial charge in [-0.3, -0.25) is 9.10 Å². The molecule has 1 N–H and O–H groups in total. The molecule has 0 aliphatic carbocycles. The molecule has 3 rings (SSSR count). The van der Waals surface area contributed by atoms with Crippen LogP contribution in [0.5, 0.6) is 5.75 Å². The number of carbonyl (C=O) groups excluding carboxylic acids is 2. The molecule has 0 bridgehead atoms. The summed E-state index contributed by atoms with van der Waals surface area (Å²) < 4.78 is 49.6. The van der Waals surface area contributed by atoms with Gasteiger partial charge in [-0.05, 0) is 60.7 Å². The summed E-state index contributed by atoms with van der Waals surface area (Å²) in [6.45, 7) is -0.993. The third kappa shape index (κ3) is 6.65. The van der Waals surface area contributed by atoms with Crippen molar-refractivity contribution >= 4 is 45.0 Å². The van der Waals surface area contributed by atoms with Crippen LogP contribution < -0.4 is 14.4 Å². The van der Waals surface area contributed by atoms with Crippen molar-refractivity contribution in [3.63, 3.8) is 0 Å². The molecule has 0 atom stereocenters. The zero-order valence-corrected chi connectivity index (χ0v) is 19.3. The zero-order chi connectivity index (χ0) is 24.7. The number of halogens is 2. The van der Waals surface area contributed by atoms with Gasteiger partial charge in [-0.25, -0.2) is 22.6 Å². The number of nitrogens with zero attached hydrogens (tertiary/aromatic N) is 2. The molecule has 0 aliphatic heterocycles. The lowest BCUT2D eigenvalue weighted by atomic mass is 10.3. The number of anilines is 2. The Hall–Kier alpha value is -3.70. The molecule has 3 aromatic rings. The summed E-state index contributed by atoms with van der Waals surface area (Å²) in [5, 5.41) is 2.86. The number of esters is 1. The van der Waals surface area contributed by atoms with E-state index in [4.69, 9.17) is 21.1 Å². The van der Waals surface area contributed by atoms with Crippen LogP contribution in [-0.2, 0) is 24.3 Å². The Kier molecular flexibility index (Phi) is 8.03. The van der Waals surface area contributed by atoms with E-state index in [1.165, 1.54) is 55.7 Å². The summed E-state index contributed by atoms with van der Waals surface area (Å²) in [6, 6.07) is 13.4. The van der Waals surface area contributed by atoms with Crippen LogP contribution in [0, 0.1) is 5.82 Å². The van der Waals surface area contributed by atoms with Crippen LogP contribution in [0.2, 0.25) is 5.02 Å². The van der Waals surface area contributed by atoms with E-state index >= 15 is 0 Å². The van der Waals surface area contributed by atoms with Gasteiger partial charge in [0.15, 0.2) is 13.2 Å². The van der Waals surface area contributed by atoms with Crippen molar-refractivity contribution in [3.8, 4) is 5.75 Å². The van der Waals surface area contributed by atoms with Gasteiger partial charge >= 0.3 is 5.97 Å². The quantitative estimate of drug-likeness (QED) is 0.442. The molecule has 34 heavy (non-hydrogen) atoms. The third-order valence-corrected chi connectivity index (χ3v) is 6.41. The Morgan fingerprint density at radius 1 is 1.03 bits per heavy atom. The van der Waals surface area contributed by atoms with Crippen molar-refractivity contribution in [3.05, 3.63) is 77.7 Å². The van der Waals surface area contributed by atoms with Crippen LogP contribution >= 0.6 is 11.6 Å². The molecule has 178 valence electrons. The van der Waals surface area contributed by atoms with E-state index in [0.29, 0.717) is 10.7 Å². The molecule has 1 amide bonds. The lowest BCUT2D eigenvalue weighted by Gasteiger charge is -2.19. The molecule has 2 aromatic carbocycles. The average molecular weight is 508 g/mol. The lowest BCUT2D eigenvalue weighted by molar-refractivity contribution is -0.149. The second-order valence-electron chi connectivity index (χ2n) is 6.78. The summed E-state index contributed by atoms with van der Waals surface area (Å²) in [5.74, 6) is -1.37. The number of hydrogen-bond acceptors (Lipinski definition) is 7.